The van der Waals surface area contributed by atoms with Crippen LogP contribution in [0.3, 0.4) is 0 Å². The van der Waals surface area contributed by atoms with Gasteiger partial charge in [-0.3, -0.25) is 0 Å². The minimum absolute atomic E-state index is 0.800. The summed E-state index contributed by atoms with van der Waals surface area (Å²) < 4.78 is 5.20. The van der Waals surface area contributed by atoms with Crippen molar-refractivity contribution in [2.45, 2.75) is 0 Å². The van der Waals surface area contributed by atoms with E-state index in [1.165, 1.54) is 0 Å². The van der Waals surface area contributed by atoms with Crippen LogP contribution < -0.4 is 10.5 Å². The molecule has 0 aromatic heterocycles. The molecule has 0 radical (unpaired) electrons. The highest BCUT2D eigenvalue weighted by atomic mass is 16.5. The van der Waals surface area contributed by atoms with Gasteiger partial charge in [-0.1, -0.05) is 60.7 Å². The first-order chi connectivity index (χ1) is 10.3. The summed E-state index contributed by atoms with van der Waals surface area (Å²) in [5.74, 6) is 0.844. The Balaban J connectivity index is 2.08. The van der Waals surface area contributed by atoms with Gasteiger partial charge in [0.2, 0.25) is 0 Å². The number of hydrogen-bond acceptors (Lipinski definition) is 2. The molecule has 104 valence electrons. The van der Waals surface area contributed by atoms with Crippen molar-refractivity contribution in [1.82, 2.24) is 0 Å². The fourth-order valence-electron chi connectivity index (χ4n) is 2.46. The Morgan fingerprint density at radius 2 is 1.24 bits per heavy atom. The van der Waals surface area contributed by atoms with Crippen molar-refractivity contribution in [3.8, 4) is 28.0 Å². The third kappa shape index (κ3) is 2.61. The predicted octanol–water partition coefficient (Wildman–Crippen LogP) is 4.61. The first-order valence-electron chi connectivity index (χ1n) is 6.88. The Morgan fingerprint density at radius 1 is 0.667 bits per heavy atom. The van der Waals surface area contributed by atoms with Crippen LogP contribution >= 0.6 is 0 Å². The van der Waals surface area contributed by atoms with Crippen LogP contribution in [0.4, 0.5) is 5.69 Å². The molecule has 2 N–H and O–H groups in total. The minimum Gasteiger partial charge on any atom is -0.497 e. The normalized spacial score (nSPS) is 10.3. The van der Waals surface area contributed by atoms with Crippen molar-refractivity contribution >= 4 is 5.69 Å². The fourth-order valence-corrected chi connectivity index (χ4v) is 2.46. The van der Waals surface area contributed by atoms with Crippen molar-refractivity contribution in [2.75, 3.05) is 12.8 Å². The number of methoxy groups -OCH3 is 1. The van der Waals surface area contributed by atoms with Gasteiger partial charge in [-0.15, -0.1) is 0 Å². The Morgan fingerprint density at radius 3 is 1.81 bits per heavy atom. The number of benzene rings is 3. The molecule has 0 saturated carbocycles. The molecule has 0 atom stereocenters. The van der Waals surface area contributed by atoms with Gasteiger partial charge >= 0.3 is 0 Å². The van der Waals surface area contributed by atoms with Gasteiger partial charge < -0.3 is 10.5 Å². The molecule has 3 aromatic carbocycles. The van der Waals surface area contributed by atoms with E-state index in [1.54, 1.807) is 7.11 Å². The molecule has 0 bridgehead atoms. The minimum atomic E-state index is 0.800. The Bertz CT molecular complexity index is 733. The van der Waals surface area contributed by atoms with Crippen LogP contribution in [0.5, 0.6) is 5.75 Å². The maximum atomic E-state index is 6.39. The van der Waals surface area contributed by atoms with E-state index >= 15 is 0 Å². The van der Waals surface area contributed by atoms with Gasteiger partial charge in [-0.05, 0) is 23.3 Å². The Labute approximate surface area is 124 Å². The fraction of sp³-hybridized carbons (Fsp3) is 0.0526. The van der Waals surface area contributed by atoms with Crippen molar-refractivity contribution in [3.63, 3.8) is 0 Å². The first kappa shape index (κ1) is 13.3. The average molecular weight is 275 g/mol. The maximum absolute atomic E-state index is 6.39. The second kappa shape index (κ2) is 5.71. The molecular weight excluding hydrogens is 258 g/mol. The molecule has 0 spiro atoms. The summed E-state index contributed by atoms with van der Waals surface area (Å²) in [6, 6.07) is 24.3. The van der Waals surface area contributed by atoms with Gasteiger partial charge in [0.05, 0.1) is 7.11 Å². The molecule has 0 unspecified atom stereocenters. The van der Waals surface area contributed by atoms with E-state index in [0.29, 0.717) is 0 Å². The number of para-hydroxylation sites is 1. The molecule has 0 aliphatic carbocycles. The number of anilines is 1. The SMILES string of the molecule is COc1ccc(-c2cccc(-c3ccccc3)c2N)cc1. The Hall–Kier alpha value is -2.74. The number of hydrogen-bond donors (Lipinski definition) is 1. The lowest BCUT2D eigenvalue weighted by atomic mass is 9.96. The molecule has 0 heterocycles. The van der Waals surface area contributed by atoms with Gasteiger partial charge in [-0.2, -0.15) is 0 Å². The van der Waals surface area contributed by atoms with Crippen LogP contribution in [0.1, 0.15) is 0 Å². The van der Waals surface area contributed by atoms with Crippen molar-refractivity contribution in [2.24, 2.45) is 0 Å². The van der Waals surface area contributed by atoms with Crippen LogP contribution in [-0.4, -0.2) is 7.11 Å². The van der Waals surface area contributed by atoms with Gasteiger partial charge in [-0.25, -0.2) is 0 Å². The largest absolute Gasteiger partial charge is 0.497 e. The molecule has 0 saturated heterocycles. The van der Waals surface area contributed by atoms with Crippen LogP contribution in [-0.2, 0) is 0 Å². The second-order valence-electron chi connectivity index (χ2n) is 4.86. The molecular formula is C19H17NO. The summed E-state index contributed by atoms with van der Waals surface area (Å²) in [7, 11) is 1.67. The number of rotatable bonds is 3. The predicted molar refractivity (Wildman–Crippen MR) is 88.3 cm³/mol. The van der Waals surface area contributed by atoms with Crippen molar-refractivity contribution in [3.05, 3.63) is 72.8 Å². The van der Waals surface area contributed by atoms with E-state index in [1.807, 2.05) is 54.6 Å². The van der Waals surface area contributed by atoms with Crippen LogP contribution in [0, 0.1) is 0 Å². The molecule has 21 heavy (non-hydrogen) atoms. The van der Waals surface area contributed by atoms with E-state index < -0.39 is 0 Å². The second-order valence-corrected chi connectivity index (χ2v) is 4.86. The van der Waals surface area contributed by atoms with Crippen LogP contribution in [0.15, 0.2) is 72.8 Å². The summed E-state index contributed by atoms with van der Waals surface area (Å²) >= 11 is 0. The lowest BCUT2D eigenvalue weighted by molar-refractivity contribution is 0.415. The molecule has 0 aliphatic rings. The number of nitrogen functional groups attached to an aromatic ring is 1. The topological polar surface area (TPSA) is 35.2 Å². The highest BCUT2D eigenvalue weighted by molar-refractivity contribution is 5.88. The molecule has 0 aliphatic heterocycles. The number of nitrogens with two attached hydrogens (primary N) is 1. The summed E-state index contributed by atoms with van der Waals surface area (Å²) in [6.07, 6.45) is 0. The summed E-state index contributed by atoms with van der Waals surface area (Å²) in [5.41, 5.74) is 11.5. The van der Waals surface area contributed by atoms with Crippen molar-refractivity contribution < 1.29 is 4.74 Å². The molecule has 0 amide bonds. The van der Waals surface area contributed by atoms with E-state index in [4.69, 9.17) is 10.5 Å². The molecule has 3 rings (SSSR count). The lowest BCUT2D eigenvalue weighted by Gasteiger charge is -2.12. The van der Waals surface area contributed by atoms with Crippen LogP contribution in [0.25, 0.3) is 22.3 Å². The lowest BCUT2D eigenvalue weighted by Crippen LogP contribution is -1.94. The molecule has 2 nitrogen and oxygen atoms in total. The van der Waals surface area contributed by atoms with E-state index in [-0.39, 0.29) is 0 Å². The monoisotopic (exact) mass is 275 g/mol. The highest BCUT2D eigenvalue weighted by Crippen LogP contribution is 2.35. The highest BCUT2D eigenvalue weighted by Gasteiger charge is 2.08. The molecule has 2 heteroatoms. The van der Waals surface area contributed by atoms with E-state index in [9.17, 15) is 0 Å². The zero-order chi connectivity index (χ0) is 14.7. The molecule has 3 aromatic rings. The average Bonchev–Trinajstić information content (AvgIpc) is 2.56. The first-order valence-corrected chi connectivity index (χ1v) is 6.88. The van der Waals surface area contributed by atoms with Gasteiger partial charge in [0.15, 0.2) is 0 Å². The third-order valence-corrected chi connectivity index (χ3v) is 3.59. The van der Waals surface area contributed by atoms with Gasteiger partial charge in [0, 0.05) is 16.8 Å². The smallest absolute Gasteiger partial charge is 0.118 e. The summed E-state index contributed by atoms with van der Waals surface area (Å²) in [5, 5.41) is 0. The maximum Gasteiger partial charge on any atom is 0.118 e. The third-order valence-electron chi connectivity index (χ3n) is 3.59. The van der Waals surface area contributed by atoms with E-state index in [0.717, 1.165) is 33.7 Å². The van der Waals surface area contributed by atoms with Gasteiger partial charge in [0.25, 0.3) is 0 Å². The van der Waals surface area contributed by atoms with Crippen molar-refractivity contribution in [1.29, 1.82) is 0 Å². The molecule has 0 fully saturated rings. The zero-order valence-electron chi connectivity index (χ0n) is 11.9. The zero-order valence-corrected chi connectivity index (χ0v) is 11.9. The van der Waals surface area contributed by atoms with Gasteiger partial charge in [0.1, 0.15) is 5.75 Å². The quantitative estimate of drug-likeness (QED) is 0.708. The summed E-state index contributed by atoms with van der Waals surface area (Å²) in [6.45, 7) is 0. The Kier molecular flexibility index (Phi) is 3.61. The number of ether oxygens (including phenoxy) is 1. The summed E-state index contributed by atoms with van der Waals surface area (Å²) in [4.78, 5) is 0. The van der Waals surface area contributed by atoms with Crippen LogP contribution in [0.2, 0.25) is 0 Å². The standard InChI is InChI=1S/C19H17NO/c1-21-16-12-10-15(11-13-16)18-9-5-8-17(19(18)20)14-6-3-2-4-7-14/h2-13H,20H2,1H3. The van der Waals surface area contributed by atoms with E-state index in [2.05, 4.69) is 18.2 Å².